The zero-order chi connectivity index (χ0) is 12.5. The topological polar surface area (TPSA) is 26.0 Å². The van der Waals surface area contributed by atoms with Gasteiger partial charge in [-0.15, -0.1) is 0 Å². The fourth-order valence-electron chi connectivity index (χ4n) is 2.52. The average Bonchev–Trinajstić information content (AvgIpc) is 2.22. The number of alkyl halides is 1. The predicted molar refractivity (Wildman–Crippen MR) is 60.3 cm³/mol. The standard InChI is InChI=1S/C13H16F3N/c14-10-4-3-9(12(15)6-10)7-13(16)5-1-2-11(17)8-13/h3-4,6,11H,1-2,5,7-8,17H2. The smallest absolute Gasteiger partial charge is 0.129 e. The Morgan fingerprint density at radius 3 is 2.76 bits per heavy atom. The second-order valence-corrected chi connectivity index (χ2v) is 4.92. The first kappa shape index (κ1) is 12.4. The van der Waals surface area contributed by atoms with Gasteiger partial charge in [0.25, 0.3) is 0 Å². The van der Waals surface area contributed by atoms with Gasteiger partial charge < -0.3 is 5.73 Å². The molecule has 94 valence electrons. The van der Waals surface area contributed by atoms with E-state index in [2.05, 4.69) is 0 Å². The highest BCUT2D eigenvalue weighted by molar-refractivity contribution is 5.21. The van der Waals surface area contributed by atoms with Crippen molar-refractivity contribution in [2.45, 2.75) is 43.8 Å². The summed E-state index contributed by atoms with van der Waals surface area (Å²) in [4.78, 5) is 0. The van der Waals surface area contributed by atoms with Crippen LogP contribution in [0.4, 0.5) is 13.2 Å². The van der Waals surface area contributed by atoms with E-state index < -0.39 is 17.3 Å². The first-order chi connectivity index (χ1) is 7.98. The lowest BCUT2D eigenvalue weighted by Crippen LogP contribution is -2.39. The van der Waals surface area contributed by atoms with Gasteiger partial charge in [-0.3, -0.25) is 0 Å². The lowest BCUT2D eigenvalue weighted by molar-refractivity contribution is 0.0954. The minimum atomic E-state index is -1.45. The molecule has 0 aromatic heterocycles. The van der Waals surface area contributed by atoms with Crippen LogP contribution in [0.1, 0.15) is 31.2 Å². The molecule has 17 heavy (non-hydrogen) atoms. The molecule has 1 fully saturated rings. The van der Waals surface area contributed by atoms with Crippen LogP contribution in [0, 0.1) is 11.6 Å². The molecular weight excluding hydrogens is 227 g/mol. The Hall–Kier alpha value is -1.03. The maximum absolute atomic E-state index is 14.4. The maximum Gasteiger partial charge on any atom is 0.129 e. The molecule has 0 bridgehead atoms. The molecule has 1 aromatic carbocycles. The lowest BCUT2D eigenvalue weighted by Gasteiger charge is -2.33. The highest BCUT2D eigenvalue weighted by Gasteiger charge is 2.35. The molecule has 0 heterocycles. The van der Waals surface area contributed by atoms with Gasteiger partial charge >= 0.3 is 0 Å². The van der Waals surface area contributed by atoms with Gasteiger partial charge in [0.1, 0.15) is 17.3 Å². The number of benzene rings is 1. The molecule has 2 atom stereocenters. The molecule has 1 aromatic rings. The molecule has 2 rings (SSSR count). The maximum atomic E-state index is 14.4. The van der Waals surface area contributed by atoms with Crippen molar-refractivity contribution < 1.29 is 13.2 Å². The van der Waals surface area contributed by atoms with Crippen molar-refractivity contribution >= 4 is 0 Å². The number of hydrogen-bond acceptors (Lipinski definition) is 1. The summed E-state index contributed by atoms with van der Waals surface area (Å²) in [5.74, 6) is -1.32. The van der Waals surface area contributed by atoms with Crippen LogP contribution < -0.4 is 5.73 Å². The van der Waals surface area contributed by atoms with E-state index in [-0.39, 0.29) is 24.4 Å². The van der Waals surface area contributed by atoms with E-state index >= 15 is 0 Å². The Kier molecular flexibility index (Phi) is 3.43. The van der Waals surface area contributed by atoms with Gasteiger partial charge in [0, 0.05) is 18.5 Å². The quantitative estimate of drug-likeness (QED) is 0.848. The van der Waals surface area contributed by atoms with Crippen LogP contribution in [0.5, 0.6) is 0 Å². The van der Waals surface area contributed by atoms with E-state index in [4.69, 9.17) is 5.73 Å². The molecule has 0 saturated heterocycles. The van der Waals surface area contributed by atoms with Crippen LogP contribution in [0.3, 0.4) is 0 Å². The third-order valence-electron chi connectivity index (χ3n) is 3.35. The highest BCUT2D eigenvalue weighted by atomic mass is 19.1. The Labute approximate surface area is 98.8 Å². The second-order valence-electron chi connectivity index (χ2n) is 4.92. The number of nitrogens with two attached hydrogens (primary N) is 1. The Bertz CT molecular complexity index is 408. The molecule has 4 heteroatoms. The largest absolute Gasteiger partial charge is 0.328 e. The third kappa shape index (κ3) is 3.00. The average molecular weight is 243 g/mol. The van der Waals surface area contributed by atoms with Gasteiger partial charge in [-0.2, -0.15) is 0 Å². The molecule has 0 aliphatic heterocycles. The van der Waals surface area contributed by atoms with Gasteiger partial charge in [0.05, 0.1) is 0 Å². The van der Waals surface area contributed by atoms with Crippen LogP contribution >= 0.6 is 0 Å². The van der Waals surface area contributed by atoms with Crippen molar-refractivity contribution in [1.82, 2.24) is 0 Å². The van der Waals surface area contributed by atoms with Crippen LogP contribution in [-0.4, -0.2) is 11.7 Å². The van der Waals surface area contributed by atoms with Gasteiger partial charge in [-0.05, 0) is 37.3 Å². The number of halogens is 3. The van der Waals surface area contributed by atoms with Crippen LogP contribution in [0.25, 0.3) is 0 Å². The first-order valence-corrected chi connectivity index (χ1v) is 5.87. The van der Waals surface area contributed by atoms with E-state index in [1.807, 2.05) is 0 Å². The summed E-state index contributed by atoms with van der Waals surface area (Å²) >= 11 is 0. The summed E-state index contributed by atoms with van der Waals surface area (Å²) in [7, 11) is 0. The summed E-state index contributed by atoms with van der Waals surface area (Å²) in [6.45, 7) is 0. The SMILES string of the molecule is NC1CCCC(F)(Cc2ccc(F)cc2F)C1. The Balaban J connectivity index is 2.14. The van der Waals surface area contributed by atoms with Crippen molar-refractivity contribution in [3.63, 3.8) is 0 Å². The number of hydrogen-bond donors (Lipinski definition) is 1. The molecular formula is C13H16F3N. The minimum absolute atomic E-state index is 0.0210. The monoisotopic (exact) mass is 243 g/mol. The molecule has 1 aliphatic rings. The van der Waals surface area contributed by atoms with E-state index in [0.717, 1.165) is 25.0 Å². The summed E-state index contributed by atoms with van der Waals surface area (Å²) in [5, 5.41) is 0. The van der Waals surface area contributed by atoms with Crippen molar-refractivity contribution in [2.75, 3.05) is 0 Å². The van der Waals surface area contributed by atoms with Crippen LogP contribution in [0.2, 0.25) is 0 Å². The molecule has 2 unspecified atom stereocenters. The second kappa shape index (κ2) is 4.69. The van der Waals surface area contributed by atoms with Crippen molar-refractivity contribution in [3.05, 3.63) is 35.4 Å². The molecule has 1 nitrogen and oxygen atoms in total. The highest BCUT2D eigenvalue weighted by Crippen LogP contribution is 2.34. The fourth-order valence-corrected chi connectivity index (χ4v) is 2.52. The Morgan fingerprint density at radius 2 is 2.12 bits per heavy atom. The molecule has 1 aliphatic carbocycles. The van der Waals surface area contributed by atoms with Crippen LogP contribution in [0.15, 0.2) is 18.2 Å². The molecule has 0 spiro atoms. The van der Waals surface area contributed by atoms with E-state index in [0.29, 0.717) is 6.42 Å². The van der Waals surface area contributed by atoms with Gasteiger partial charge in [-0.1, -0.05) is 6.07 Å². The lowest BCUT2D eigenvalue weighted by atomic mass is 9.80. The van der Waals surface area contributed by atoms with Crippen molar-refractivity contribution in [2.24, 2.45) is 5.73 Å². The zero-order valence-electron chi connectivity index (χ0n) is 9.56. The molecule has 0 radical (unpaired) electrons. The third-order valence-corrected chi connectivity index (χ3v) is 3.35. The van der Waals surface area contributed by atoms with Crippen molar-refractivity contribution in [3.8, 4) is 0 Å². The van der Waals surface area contributed by atoms with E-state index in [1.165, 1.54) is 6.07 Å². The van der Waals surface area contributed by atoms with Crippen LogP contribution in [-0.2, 0) is 6.42 Å². The molecule has 0 amide bonds. The van der Waals surface area contributed by atoms with E-state index in [9.17, 15) is 13.2 Å². The van der Waals surface area contributed by atoms with Crippen molar-refractivity contribution in [1.29, 1.82) is 0 Å². The summed E-state index contributed by atoms with van der Waals surface area (Å²) < 4.78 is 40.6. The normalized spacial score (nSPS) is 29.3. The fraction of sp³-hybridized carbons (Fsp3) is 0.538. The summed E-state index contributed by atoms with van der Waals surface area (Å²) in [5.41, 5.74) is 4.51. The zero-order valence-corrected chi connectivity index (χ0v) is 9.56. The minimum Gasteiger partial charge on any atom is -0.328 e. The number of rotatable bonds is 2. The van der Waals surface area contributed by atoms with E-state index in [1.54, 1.807) is 0 Å². The predicted octanol–water partition coefficient (Wildman–Crippen LogP) is 3.12. The van der Waals surface area contributed by atoms with Gasteiger partial charge in [0.2, 0.25) is 0 Å². The Morgan fingerprint density at radius 1 is 1.35 bits per heavy atom. The molecule has 1 saturated carbocycles. The first-order valence-electron chi connectivity index (χ1n) is 5.87. The summed E-state index contributed by atoms with van der Waals surface area (Å²) in [6.07, 6.45) is 2.17. The summed E-state index contributed by atoms with van der Waals surface area (Å²) in [6, 6.07) is 3.11. The van der Waals surface area contributed by atoms with Gasteiger partial charge in [0.15, 0.2) is 0 Å². The van der Waals surface area contributed by atoms with Gasteiger partial charge in [-0.25, -0.2) is 13.2 Å². The molecule has 2 N–H and O–H groups in total.